The first-order chi connectivity index (χ1) is 17.1. The number of halogens is 4. The number of amides is 1. The van der Waals surface area contributed by atoms with Crippen LogP contribution in [0.3, 0.4) is 0 Å². The molecule has 4 rings (SSSR count). The Kier molecular flexibility index (Phi) is 7.67. The summed E-state index contributed by atoms with van der Waals surface area (Å²) < 4.78 is 39.0. The van der Waals surface area contributed by atoms with Gasteiger partial charge in [-0.15, -0.1) is 0 Å². The van der Waals surface area contributed by atoms with Gasteiger partial charge in [0.2, 0.25) is 5.95 Å². The third kappa shape index (κ3) is 6.66. The highest BCUT2D eigenvalue weighted by molar-refractivity contribution is 6.30. The lowest BCUT2D eigenvalue weighted by Gasteiger charge is -2.30. The predicted octanol–water partition coefficient (Wildman–Crippen LogP) is 5.23. The molecule has 192 valence electrons. The van der Waals surface area contributed by atoms with Crippen LogP contribution < -0.4 is 16.0 Å². The first kappa shape index (κ1) is 25.7. The van der Waals surface area contributed by atoms with Crippen molar-refractivity contribution in [1.29, 1.82) is 0 Å². The zero-order valence-corrected chi connectivity index (χ0v) is 20.6. The quantitative estimate of drug-likeness (QED) is 0.394. The molecule has 3 N–H and O–H groups in total. The third-order valence-electron chi connectivity index (χ3n) is 6.10. The zero-order chi connectivity index (χ0) is 25.9. The molecule has 0 atom stereocenters. The minimum Gasteiger partial charge on any atom is -0.367 e. The Morgan fingerprint density at radius 3 is 2.56 bits per heavy atom. The lowest BCUT2D eigenvalue weighted by atomic mass is 9.86. The summed E-state index contributed by atoms with van der Waals surface area (Å²) in [5.41, 5.74) is 3.41. The topological polar surface area (TPSA) is 96.8 Å². The summed E-state index contributed by atoms with van der Waals surface area (Å²) in [6.07, 6.45) is 3.33. The van der Waals surface area contributed by atoms with Crippen molar-refractivity contribution >= 4 is 35.0 Å². The molecule has 3 aromatic rings. The average Bonchev–Trinajstić information content (AvgIpc) is 3.23. The van der Waals surface area contributed by atoms with Gasteiger partial charge < -0.3 is 16.0 Å². The van der Waals surface area contributed by atoms with Crippen molar-refractivity contribution in [2.75, 3.05) is 17.2 Å². The van der Waals surface area contributed by atoms with Gasteiger partial charge in [-0.1, -0.05) is 11.6 Å². The van der Waals surface area contributed by atoms with Crippen LogP contribution in [0.2, 0.25) is 5.02 Å². The van der Waals surface area contributed by atoms with Gasteiger partial charge in [-0.3, -0.25) is 9.48 Å². The number of benzene rings is 1. The van der Waals surface area contributed by atoms with E-state index in [1.807, 2.05) is 37.6 Å². The molecule has 1 aliphatic carbocycles. The highest BCUT2D eigenvalue weighted by Crippen LogP contribution is 2.32. The number of hydrogen-bond acceptors (Lipinski definition) is 6. The van der Waals surface area contributed by atoms with Gasteiger partial charge in [0.25, 0.3) is 0 Å². The summed E-state index contributed by atoms with van der Waals surface area (Å²) in [6, 6.07) is 5.66. The number of aromatic nitrogens is 4. The molecular weight excluding hydrogens is 495 g/mol. The molecule has 8 nitrogen and oxygen atoms in total. The van der Waals surface area contributed by atoms with E-state index in [0.717, 1.165) is 35.2 Å². The first-order valence-electron chi connectivity index (χ1n) is 11.6. The molecule has 1 amide bonds. The van der Waals surface area contributed by atoms with Crippen LogP contribution >= 0.6 is 11.6 Å². The van der Waals surface area contributed by atoms with Gasteiger partial charge in [0.1, 0.15) is 5.82 Å². The largest absolute Gasteiger partial charge is 0.471 e. The number of carbonyl (C=O) groups excluding carboxylic acids is 1. The summed E-state index contributed by atoms with van der Waals surface area (Å²) in [6.45, 7) is 1.97. The number of rotatable bonds is 7. The molecule has 2 aromatic heterocycles. The van der Waals surface area contributed by atoms with Crippen LogP contribution in [0.4, 0.5) is 30.6 Å². The van der Waals surface area contributed by atoms with Gasteiger partial charge in [-0.05, 0) is 62.3 Å². The number of alkyl halides is 3. The number of nitrogens with zero attached hydrogens (tertiary/aromatic N) is 4. The van der Waals surface area contributed by atoms with Crippen LogP contribution in [0.25, 0.3) is 11.1 Å². The van der Waals surface area contributed by atoms with Crippen LogP contribution in [0.5, 0.6) is 0 Å². The van der Waals surface area contributed by atoms with Crippen LogP contribution in [-0.2, 0) is 11.8 Å². The summed E-state index contributed by atoms with van der Waals surface area (Å²) in [5, 5.41) is 13.5. The summed E-state index contributed by atoms with van der Waals surface area (Å²) >= 11 is 6.18. The molecule has 0 aliphatic heterocycles. The molecule has 2 heterocycles. The fourth-order valence-electron chi connectivity index (χ4n) is 4.30. The maximum absolute atomic E-state index is 12.4. The second-order valence-corrected chi connectivity index (χ2v) is 9.51. The van der Waals surface area contributed by atoms with Gasteiger partial charge in [0.15, 0.2) is 0 Å². The van der Waals surface area contributed by atoms with E-state index in [9.17, 15) is 18.0 Å². The molecule has 36 heavy (non-hydrogen) atoms. The van der Waals surface area contributed by atoms with Crippen molar-refractivity contribution in [3.63, 3.8) is 0 Å². The van der Waals surface area contributed by atoms with Crippen LogP contribution in [0.1, 0.15) is 31.2 Å². The van der Waals surface area contributed by atoms with Crippen molar-refractivity contribution in [2.45, 2.75) is 44.8 Å². The van der Waals surface area contributed by atoms with E-state index in [1.54, 1.807) is 23.1 Å². The lowest BCUT2D eigenvalue weighted by molar-refractivity contribution is -0.173. The maximum Gasteiger partial charge on any atom is 0.471 e. The SMILES string of the molecule is Cc1cc(Cl)cc(Nc2ncc(-c3cnn(C)c3)c(NC3CCC(CNC(=O)C(F)(F)F)CC3)n2)c1. The standard InChI is InChI=1S/C24H27ClF3N7O/c1-14-7-17(25)9-19(8-14)33-23-30-12-20(16-11-31-35(2)13-16)21(34-23)32-18-5-3-15(4-6-18)10-29-22(36)24(26,27)28/h7-9,11-13,15,18H,3-6,10H2,1-2H3,(H,29,36)(H2,30,32,33,34). The second kappa shape index (κ2) is 10.7. The molecule has 0 unspecified atom stereocenters. The molecular formula is C24H27ClF3N7O. The number of nitrogens with one attached hydrogen (secondary N) is 3. The molecule has 0 radical (unpaired) electrons. The Morgan fingerprint density at radius 1 is 1.17 bits per heavy atom. The van der Waals surface area contributed by atoms with Gasteiger partial charge >= 0.3 is 12.1 Å². The number of hydrogen-bond donors (Lipinski definition) is 3. The Balaban J connectivity index is 1.46. The van der Waals surface area contributed by atoms with Crippen molar-refractivity contribution in [3.8, 4) is 11.1 Å². The predicted molar refractivity (Wildman–Crippen MR) is 132 cm³/mol. The Morgan fingerprint density at radius 2 is 1.92 bits per heavy atom. The van der Waals surface area contributed by atoms with E-state index >= 15 is 0 Å². The third-order valence-corrected chi connectivity index (χ3v) is 6.32. The molecule has 1 aromatic carbocycles. The molecule has 0 saturated heterocycles. The summed E-state index contributed by atoms with van der Waals surface area (Å²) in [5.74, 6) is -0.857. The van der Waals surface area contributed by atoms with E-state index < -0.39 is 12.1 Å². The highest BCUT2D eigenvalue weighted by Gasteiger charge is 2.38. The molecule has 12 heteroatoms. The van der Waals surface area contributed by atoms with E-state index in [4.69, 9.17) is 16.6 Å². The summed E-state index contributed by atoms with van der Waals surface area (Å²) in [7, 11) is 1.83. The Labute approximate surface area is 211 Å². The van der Waals surface area contributed by atoms with E-state index in [0.29, 0.717) is 29.6 Å². The maximum atomic E-state index is 12.4. The van der Waals surface area contributed by atoms with E-state index in [1.165, 1.54) is 0 Å². The van der Waals surface area contributed by atoms with Gasteiger partial charge in [-0.25, -0.2) is 4.98 Å². The first-order valence-corrected chi connectivity index (χ1v) is 12.0. The van der Waals surface area contributed by atoms with Gasteiger partial charge in [0.05, 0.1) is 6.20 Å². The second-order valence-electron chi connectivity index (χ2n) is 9.07. The highest BCUT2D eigenvalue weighted by atomic mass is 35.5. The number of aryl methyl sites for hydroxylation is 2. The average molecular weight is 522 g/mol. The van der Waals surface area contributed by atoms with Crippen molar-refractivity contribution in [3.05, 3.63) is 47.4 Å². The smallest absolute Gasteiger partial charge is 0.367 e. The van der Waals surface area contributed by atoms with Crippen molar-refractivity contribution < 1.29 is 18.0 Å². The van der Waals surface area contributed by atoms with E-state index in [2.05, 4.69) is 20.7 Å². The van der Waals surface area contributed by atoms with Crippen molar-refractivity contribution in [1.82, 2.24) is 25.1 Å². The van der Waals surface area contributed by atoms with Gasteiger partial charge in [-0.2, -0.15) is 23.3 Å². The molecule has 0 bridgehead atoms. The fourth-order valence-corrected chi connectivity index (χ4v) is 4.59. The normalized spacial score (nSPS) is 18.1. The Hall–Kier alpha value is -3.34. The molecule has 1 aliphatic rings. The minimum atomic E-state index is -4.86. The van der Waals surface area contributed by atoms with E-state index in [-0.39, 0.29) is 18.5 Å². The monoisotopic (exact) mass is 521 g/mol. The fraction of sp³-hybridized carbons (Fsp3) is 0.417. The molecule has 0 spiro atoms. The van der Waals surface area contributed by atoms with Gasteiger partial charge in [0, 0.05) is 53.9 Å². The van der Waals surface area contributed by atoms with Crippen molar-refractivity contribution in [2.24, 2.45) is 13.0 Å². The summed E-state index contributed by atoms with van der Waals surface area (Å²) in [4.78, 5) is 20.3. The number of anilines is 3. The number of carbonyl (C=O) groups is 1. The van der Waals surface area contributed by atoms with Crippen LogP contribution in [-0.4, -0.2) is 44.4 Å². The van der Waals surface area contributed by atoms with Crippen LogP contribution in [0, 0.1) is 12.8 Å². The van der Waals surface area contributed by atoms with Crippen LogP contribution in [0.15, 0.2) is 36.8 Å². The molecule has 1 fully saturated rings. The zero-order valence-electron chi connectivity index (χ0n) is 19.9. The Bertz CT molecular complexity index is 1200. The minimum absolute atomic E-state index is 0.000777. The lowest BCUT2D eigenvalue weighted by Crippen LogP contribution is -2.40. The molecule has 1 saturated carbocycles.